The van der Waals surface area contributed by atoms with Gasteiger partial charge in [0.15, 0.2) is 0 Å². The lowest BCUT2D eigenvalue weighted by Gasteiger charge is -2.43. The number of aryl methyl sites for hydroxylation is 1. The predicted octanol–water partition coefficient (Wildman–Crippen LogP) is 0.589. The first-order valence-electron chi connectivity index (χ1n) is 8.92. The fourth-order valence-corrected chi connectivity index (χ4v) is 3.84. The summed E-state index contributed by atoms with van der Waals surface area (Å²) in [5.74, 6) is 0.200. The normalized spacial score (nSPS) is 21.5. The summed E-state index contributed by atoms with van der Waals surface area (Å²) >= 11 is 0. The third-order valence-electron chi connectivity index (χ3n) is 5.07. The van der Waals surface area contributed by atoms with Gasteiger partial charge in [0.25, 0.3) is 0 Å². The number of benzene rings is 1. The van der Waals surface area contributed by atoms with E-state index in [-0.39, 0.29) is 6.04 Å². The smallest absolute Gasteiger partial charge is 0.312 e. The molecule has 1 atom stereocenters. The number of carbonyl (C=O) groups is 2. The van der Waals surface area contributed by atoms with E-state index in [0.29, 0.717) is 13.1 Å². The topological polar surface area (TPSA) is 70.5 Å². The highest BCUT2D eigenvalue weighted by Crippen LogP contribution is 2.20. The zero-order valence-electron chi connectivity index (χ0n) is 14.4. The van der Waals surface area contributed by atoms with Crippen LogP contribution in [0.15, 0.2) is 24.3 Å². The molecule has 0 spiro atoms. The minimum Gasteiger partial charge on any atom is -0.346 e. The summed E-state index contributed by atoms with van der Waals surface area (Å²) in [6.07, 6.45) is 1.06. The van der Waals surface area contributed by atoms with Gasteiger partial charge >= 0.3 is 11.8 Å². The highest BCUT2D eigenvalue weighted by atomic mass is 16.2. The highest BCUT2D eigenvalue weighted by Gasteiger charge is 2.37. The minimum absolute atomic E-state index is 0.0583. The van der Waals surface area contributed by atoms with Crippen LogP contribution in [0.3, 0.4) is 0 Å². The average molecular weight is 341 g/mol. The molecule has 2 aliphatic rings. The van der Waals surface area contributed by atoms with Gasteiger partial charge in [-0.3, -0.25) is 14.5 Å². The molecule has 0 unspecified atom stereocenters. The summed E-state index contributed by atoms with van der Waals surface area (Å²) in [6, 6.07) is 8.30. The van der Waals surface area contributed by atoms with Crippen molar-refractivity contribution in [3.8, 4) is 0 Å². The van der Waals surface area contributed by atoms with Gasteiger partial charge < -0.3 is 14.8 Å². The Kier molecular flexibility index (Phi) is 4.17. The molecule has 2 fully saturated rings. The van der Waals surface area contributed by atoms with Gasteiger partial charge in [-0.1, -0.05) is 19.1 Å². The molecular formula is C18H23N5O2. The van der Waals surface area contributed by atoms with Crippen LogP contribution in [0.1, 0.15) is 19.2 Å². The minimum atomic E-state index is -0.477. The molecule has 3 heterocycles. The van der Waals surface area contributed by atoms with Crippen LogP contribution in [0.4, 0.5) is 0 Å². The van der Waals surface area contributed by atoms with Crippen molar-refractivity contribution in [2.45, 2.75) is 32.5 Å². The molecule has 0 saturated carbocycles. The van der Waals surface area contributed by atoms with Crippen LogP contribution in [0, 0.1) is 0 Å². The number of nitrogens with one attached hydrogen (secondary N) is 1. The zero-order chi connectivity index (χ0) is 17.4. The quantitative estimate of drug-likeness (QED) is 0.827. The molecule has 0 aliphatic carbocycles. The van der Waals surface area contributed by atoms with E-state index in [4.69, 9.17) is 4.98 Å². The van der Waals surface area contributed by atoms with Crippen molar-refractivity contribution in [2.24, 2.45) is 0 Å². The molecule has 0 radical (unpaired) electrons. The number of aromatic nitrogens is 2. The Bertz CT molecular complexity index is 815. The number of amides is 2. The summed E-state index contributed by atoms with van der Waals surface area (Å²) in [5.41, 5.74) is 2.21. The maximum absolute atomic E-state index is 12.0. The molecule has 2 aromatic rings. The van der Waals surface area contributed by atoms with E-state index in [2.05, 4.69) is 39.9 Å². The average Bonchev–Trinajstić information content (AvgIpc) is 2.96. The number of nitrogens with zero attached hydrogens (tertiary/aromatic N) is 4. The van der Waals surface area contributed by atoms with Gasteiger partial charge in [0.2, 0.25) is 0 Å². The Hall–Kier alpha value is -2.41. The fraction of sp³-hybridized carbons (Fsp3) is 0.500. The van der Waals surface area contributed by atoms with Crippen LogP contribution in [0.2, 0.25) is 0 Å². The molecule has 25 heavy (non-hydrogen) atoms. The van der Waals surface area contributed by atoms with E-state index in [1.165, 1.54) is 5.52 Å². The lowest BCUT2D eigenvalue weighted by atomic mass is 10.1. The zero-order valence-corrected chi connectivity index (χ0v) is 14.4. The van der Waals surface area contributed by atoms with Crippen LogP contribution in [0.25, 0.3) is 11.0 Å². The predicted molar refractivity (Wildman–Crippen MR) is 93.8 cm³/mol. The molecular weight excluding hydrogens is 318 g/mol. The van der Waals surface area contributed by atoms with E-state index in [9.17, 15) is 9.59 Å². The Labute approximate surface area is 146 Å². The molecule has 1 aromatic heterocycles. The molecule has 2 aliphatic heterocycles. The van der Waals surface area contributed by atoms with Crippen LogP contribution in [-0.4, -0.2) is 63.4 Å². The number of imidazole rings is 1. The van der Waals surface area contributed by atoms with Crippen molar-refractivity contribution >= 4 is 22.8 Å². The van der Waals surface area contributed by atoms with Gasteiger partial charge in [0.05, 0.1) is 23.6 Å². The van der Waals surface area contributed by atoms with Gasteiger partial charge in [0.1, 0.15) is 5.82 Å². The van der Waals surface area contributed by atoms with E-state index in [0.717, 1.165) is 43.9 Å². The van der Waals surface area contributed by atoms with Crippen molar-refractivity contribution in [3.63, 3.8) is 0 Å². The number of hydrogen-bond acceptors (Lipinski definition) is 4. The van der Waals surface area contributed by atoms with Gasteiger partial charge in [-0.05, 0) is 18.6 Å². The second-order valence-electron chi connectivity index (χ2n) is 6.77. The summed E-state index contributed by atoms with van der Waals surface area (Å²) in [6.45, 7) is 6.56. The number of para-hydroxylation sites is 2. The summed E-state index contributed by atoms with van der Waals surface area (Å²) < 4.78 is 2.30. The third kappa shape index (κ3) is 2.89. The van der Waals surface area contributed by atoms with Crippen molar-refractivity contribution in [1.82, 2.24) is 24.7 Å². The van der Waals surface area contributed by atoms with Crippen molar-refractivity contribution in [1.29, 1.82) is 0 Å². The Balaban J connectivity index is 1.53. The molecule has 132 valence electrons. The number of fused-ring (bicyclic) bond motifs is 2. The first kappa shape index (κ1) is 16.1. The highest BCUT2D eigenvalue weighted by molar-refractivity contribution is 6.35. The molecule has 2 amide bonds. The maximum atomic E-state index is 12.0. The summed E-state index contributed by atoms with van der Waals surface area (Å²) in [4.78, 5) is 32.3. The largest absolute Gasteiger partial charge is 0.346 e. The van der Waals surface area contributed by atoms with Crippen LogP contribution >= 0.6 is 0 Å². The second-order valence-corrected chi connectivity index (χ2v) is 6.77. The van der Waals surface area contributed by atoms with E-state index in [1.807, 2.05) is 6.07 Å². The Morgan fingerprint density at radius 1 is 1.24 bits per heavy atom. The summed E-state index contributed by atoms with van der Waals surface area (Å²) in [5, 5.41) is 2.69. The summed E-state index contributed by atoms with van der Waals surface area (Å²) in [7, 11) is 0. The van der Waals surface area contributed by atoms with Gasteiger partial charge in [-0.15, -0.1) is 0 Å². The van der Waals surface area contributed by atoms with E-state index < -0.39 is 11.8 Å². The van der Waals surface area contributed by atoms with Crippen LogP contribution in [-0.2, 0) is 22.7 Å². The third-order valence-corrected chi connectivity index (χ3v) is 5.07. The molecule has 2 saturated heterocycles. The molecule has 1 aromatic carbocycles. The van der Waals surface area contributed by atoms with Crippen molar-refractivity contribution in [3.05, 3.63) is 30.1 Å². The SMILES string of the molecule is CCCn1c(CN2CCN3C(=O)C(=O)NC[C@H]3C2)nc2ccccc21. The van der Waals surface area contributed by atoms with Crippen LogP contribution < -0.4 is 5.32 Å². The molecule has 1 N–H and O–H groups in total. The Morgan fingerprint density at radius 3 is 2.92 bits per heavy atom. The lowest BCUT2D eigenvalue weighted by Crippen LogP contribution is -2.65. The number of piperazine rings is 2. The van der Waals surface area contributed by atoms with Crippen molar-refractivity contribution in [2.75, 3.05) is 26.2 Å². The van der Waals surface area contributed by atoms with Gasteiger partial charge in [0, 0.05) is 32.7 Å². The fourth-order valence-electron chi connectivity index (χ4n) is 3.84. The maximum Gasteiger partial charge on any atom is 0.312 e. The van der Waals surface area contributed by atoms with Gasteiger partial charge in [-0.25, -0.2) is 4.98 Å². The second kappa shape index (κ2) is 6.48. The van der Waals surface area contributed by atoms with E-state index in [1.54, 1.807) is 4.90 Å². The monoisotopic (exact) mass is 341 g/mol. The van der Waals surface area contributed by atoms with Gasteiger partial charge in [-0.2, -0.15) is 0 Å². The Morgan fingerprint density at radius 2 is 2.08 bits per heavy atom. The molecule has 4 rings (SSSR count). The molecule has 7 heteroatoms. The first-order chi connectivity index (χ1) is 12.2. The molecule has 0 bridgehead atoms. The van der Waals surface area contributed by atoms with Crippen LogP contribution in [0.5, 0.6) is 0 Å². The number of carbonyl (C=O) groups excluding carboxylic acids is 2. The standard InChI is InChI=1S/C18H23N5O2/c1-2-7-23-15-6-4-3-5-14(15)20-16(23)12-21-8-9-22-13(11-21)10-19-17(24)18(22)25/h3-6,13H,2,7-12H2,1H3,(H,19,24)/t13-/m0/s1. The number of hydrogen-bond donors (Lipinski definition) is 1. The number of rotatable bonds is 4. The van der Waals surface area contributed by atoms with Crippen molar-refractivity contribution < 1.29 is 9.59 Å². The van der Waals surface area contributed by atoms with E-state index >= 15 is 0 Å². The first-order valence-corrected chi connectivity index (χ1v) is 8.92. The lowest BCUT2D eigenvalue weighted by molar-refractivity contribution is -0.152. The molecule has 7 nitrogen and oxygen atoms in total.